The van der Waals surface area contributed by atoms with Gasteiger partial charge in [0.05, 0.1) is 0 Å². The predicted molar refractivity (Wildman–Crippen MR) is 265 cm³/mol. The summed E-state index contributed by atoms with van der Waals surface area (Å²) < 4.78 is 16.7. The number of carbonyl (C=O) groups is 3. The van der Waals surface area contributed by atoms with Crippen molar-refractivity contribution in [2.75, 3.05) is 13.2 Å². The molecule has 0 aliphatic rings. The second kappa shape index (κ2) is 50.2. The maximum atomic E-state index is 12.8. The van der Waals surface area contributed by atoms with Gasteiger partial charge in [-0.25, -0.2) is 0 Å². The standard InChI is InChI=1S/C56H94O6/c1-4-7-10-13-16-19-21-23-25-27-29-30-32-34-37-40-43-46-49-55(58)61-52-53(51-60-54(57)48-45-42-39-36-18-15-12-9-6-3)62-56(59)50-47-44-41-38-35-33-31-28-26-24-22-20-17-14-11-8-5-2/h8,11,17,20,24-27,29-31,33,38,41,53H,4-7,9-10,12-16,18-19,21-23,28,32,34-37,39-40,42-52H2,1-3H3/b11-8-,20-17-,26-24-,27-25-,30-29-,33-31-,41-38-. The van der Waals surface area contributed by atoms with Crippen LogP contribution in [0.1, 0.15) is 233 Å². The van der Waals surface area contributed by atoms with Gasteiger partial charge < -0.3 is 14.2 Å². The number of esters is 3. The fraction of sp³-hybridized carbons (Fsp3) is 0.696. The quantitative estimate of drug-likeness (QED) is 0.0199. The van der Waals surface area contributed by atoms with E-state index in [0.29, 0.717) is 19.3 Å². The largest absolute Gasteiger partial charge is 0.462 e. The molecule has 0 rings (SSSR count). The van der Waals surface area contributed by atoms with Gasteiger partial charge in [-0.1, -0.05) is 215 Å². The molecule has 0 bridgehead atoms. The van der Waals surface area contributed by atoms with Crippen LogP contribution in [0.4, 0.5) is 0 Å². The van der Waals surface area contributed by atoms with Gasteiger partial charge in [0.2, 0.25) is 0 Å². The van der Waals surface area contributed by atoms with Gasteiger partial charge in [0.1, 0.15) is 13.2 Å². The van der Waals surface area contributed by atoms with Gasteiger partial charge in [-0.2, -0.15) is 0 Å². The minimum absolute atomic E-state index is 0.104. The highest BCUT2D eigenvalue weighted by molar-refractivity contribution is 5.71. The Labute approximate surface area is 382 Å². The molecule has 0 saturated heterocycles. The van der Waals surface area contributed by atoms with E-state index < -0.39 is 6.10 Å². The van der Waals surface area contributed by atoms with Crippen molar-refractivity contribution >= 4 is 17.9 Å². The van der Waals surface area contributed by atoms with E-state index in [0.717, 1.165) is 96.3 Å². The first-order valence-corrected chi connectivity index (χ1v) is 25.6. The molecule has 1 unspecified atom stereocenters. The third-order valence-corrected chi connectivity index (χ3v) is 10.7. The first-order valence-electron chi connectivity index (χ1n) is 25.6. The molecule has 0 aromatic carbocycles. The average Bonchev–Trinajstić information content (AvgIpc) is 3.27. The summed E-state index contributed by atoms with van der Waals surface area (Å²) in [4.78, 5) is 37.9. The van der Waals surface area contributed by atoms with Gasteiger partial charge in [0, 0.05) is 19.3 Å². The van der Waals surface area contributed by atoms with Gasteiger partial charge in [0.25, 0.3) is 0 Å². The summed E-state index contributed by atoms with van der Waals surface area (Å²) in [5.41, 5.74) is 0. The Balaban J connectivity index is 4.45. The lowest BCUT2D eigenvalue weighted by Gasteiger charge is -2.18. The third-order valence-electron chi connectivity index (χ3n) is 10.7. The van der Waals surface area contributed by atoms with Gasteiger partial charge in [-0.15, -0.1) is 0 Å². The molecular formula is C56H94O6. The molecule has 62 heavy (non-hydrogen) atoms. The maximum Gasteiger partial charge on any atom is 0.306 e. The summed E-state index contributed by atoms with van der Waals surface area (Å²) in [7, 11) is 0. The monoisotopic (exact) mass is 863 g/mol. The number of hydrogen-bond acceptors (Lipinski definition) is 6. The number of hydrogen-bond donors (Lipinski definition) is 0. The average molecular weight is 863 g/mol. The molecule has 0 saturated carbocycles. The van der Waals surface area contributed by atoms with Crippen LogP contribution in [-0.4, -0.2) is 37.2 Å². The normalized spacial score (nSPS) is 12.8. The van der Waals surface area contributed by atoms with Gasteiger partial charge in [-0.3, -0.25) is 14.4 Å². The number of carbonyl (C=O) groups excluding carboxylic acids is 3. The Kier molecular flexibility index (Phi) is 47.5. The fourth-order valence-corrected chi connectivity index (χ4v) is 6.82. The SMILES string of the molecule is CC/C=C\C/C=C\C/C=C\C/C=C\C/C=C\CCCC(=O)OC(COC(=O)CCCCCCC/C=C\C=C/CCCCCCCCC)COC(=O)CCCCCCCCCCC. The summed E-state index contributed by atoms with van der Waals surface area (Å²) in [6.07, 6.45) is 64.3. The van der Waals surface area contributed by atoms with E-state index in [2.05, 4.69) is 106 Å². The summed E-state index contributed by atoms with van der Waals surface area (Å²) in [6.45, 7) is 6.43. The zero-order valence-corrected chi connectivity index (χ0v) is 40.4. The van der Waals surface area contributed by atoms with Crippen LogP contribution in [0.2, 0.25) is 0 Å². The molecule has 0 amide bonds. The van der Waals surface area contributed by atoms with E-state index in [-0.39, 0.29) is 37.5 Å². The van der Waals surface area contributed by atoms with E-state index in [9.17, 15) is 14.4 Å². The van der Waals surface area contributed by atoms with Crippen LogP contribution in [0.5, 0.6) is 0 Å². The molecule has 0 aromatic rings. The van der Waals surface area contributed by atoms with E-state index >= 15 is 0 Å². The minimum atomic E-state index is -0.810. The highest BCUT2D eigenvalue weighted by Crippen LogP contribution is 2.13. The van der Waals surface area contributed by atoms with Crippen molar-refractivity contribution in [2.24, 2.45) is 0 Å². The lowest BCUT2D eigenvalue weighted by atomic mass is 10.1. The zero-order valence-electron chi connectivity index (χ0n) is 40.4. The second-order valence-corrected chi connectivity index (χ2v) is 16.7. The number of rotatable bonds is 45. The lowest BCUT2D eigenvalue weighted by molar-refractivity contribution is -0.167. The van der Waals surface area contributed by atoms with Crippen LogP contribution in [0.25, 0.3) is 0 Å². The molecule has 0 spiro atoms. The van der Waals surface area contributed by atoms with Crippen LogP contribution in [0.15, 0.2) is 85.1 Å². The Morgan fingerprint density at radius 2 is 0.694 bits per heavy atom. The highest BCUT2D eigenvalue weighted by Gasteiger charge is 2.19. The van der Waals surface area contributed by atoms with E-state index in [4.69, 9.17) is 14.2 Å². The summed E-state index contributed by atoms with van der Waals surface area (Å²) in [6, 6.07) is 0. The summed E-state index contributed by atoms with van der Waals surface area (Å²) in [5.74, 6) is -0.983. The topological polar surface area (TPSA) is 78.9 Å². The van der Waals surface area contributed by atoms with Crippen molar-refractivity contribution in [2.45, 2.75) is 239 Å². The first-order chi connectivity index (χ1) is 30.5. The number of ether oxygens (including phenoxy) is 3. The van der Waals surface area contributed by atoms with E-state index in [1.807, 2.05) is 0 Å². The molecule has 0 aliphatic carbocycles. The molecule has 6 heteroatoms. The van der Waals surface area contributed by atoms with E-state index in [1.165, 1.54) is 89.9 Å². The Bertz CT molecular complexity index is 1220. The van der Waals surface area contributed by atoms with Crippen molar-refractivity contribution in [3.8, 4) is 0 Å². The van der Waals surface area contributed by atoms with Crippen LogP contribution in [0.3, 0.4) is 0 Å². The van der Waals surface area contributed by atoms with Crippen molar-refractivity contribution in [3.63, 3.8) is 0 Å². The molecule has 354 valence electrons. The minimum Gasteiger partial charge on any atom is -0.462 e. The van der Waals surface area contributed by atoms with Crippen molar-refractivity contribution in [1.82, 2.24) is 0 Å². The molecule has 1 atom stereocenters. The lowest BCUT2D eigenvalue weighted by Crippen LogP contribution is -2.30. The smallest absolute Gasteiger partial charge is 0.306 e. The number of unbranched alkanes of at least 4 members (excludes halogenated alkanes) is 21. The molecule has 0 heterocycles. The third kappa shape index (κ3) is 47.6. The van der Waals surface area contributed by atoms with Crippen LogP contribution < -0.4 is 0 Å². The fourth-order valence-electron chi connectivity index (χ4n) is 6.82. The summed E-state index contributed by atoms with van der Waals surface area (Å²) in [5, 5.41) is 0. The van der Waals surface area contributed by atoms with Crippen LogP contribution in [0, 0.1) is 0 Å². The number of allylic oxidation sites excluding steroid dienone is 14. The van der Waals surface area contributed by atoms with Crippen molar-refractivity contribution in [1.29, 1.82) is 0 Å². The van der Waals surface area contributed by atoms with Crippen LogP contribution >= 0.6 is 0 Å². The Morgan fingerprint density at radius 3 is 1.11 bits per heavy atom. The molecule has 0 aliphatic heterocycles. The second-order valence-electron chi connectivity index (χ2n) is 16.7. The van der Waals surface area contributed by atoms with Crippen molar-refractivity contribution in [3.05, 3.63) is 85.1 Å². The predicted octanol–water partition coefficient (Wildman–Crippen LogP) is 16.8. The Morgan fingerprint density at radius 1 is 0.355 bits per heavy atom. The molecule has 0 fully saturated rings. The van der Waals surface area contributed by atoms with Crippen LogP contribution in [-0.2, 0) is 28.6 Å². The van der Waals surface area contributed by atoms with Gasteiger partial charge in [0.15, 0.2) is 6.10 Å². The first kappa shape index (κ1) is 58.6. The van der Waals surface area contributed by atoms with Gasteiger partial charge >= 0.3 is 17.9 Å². The molecule has 0 radical (unpaired) electrons. The zero-order chi connectivity index (χ0) is 45.1. The maximum absolute atomic E-state index is 12.8. The Hall–Kier alpha value is -3.41. The highest BCUT2D eigenvalue weighted by atomic mass is 16.6. The molecular weight excluding hydrogens is 769 g/mol. The van der Waals surface area contributed by atoms with E-state index in [1.54, 1.807) is 0 Å². The molecule has 6 nitrogen and oxygen atoms in total. The molecule has 0 aromatic heterocycles. The van der Waals surface area contributed by atoms with Gasteiger partial charge in [-0.05, 0) is 83.5 Å². The van der Waals surface area contributed by atoms with Crippen molar-refractivity contribution < 1.29 is 28.6 Å². The summed E-state index contributed by atoms with van der Waals surface area (Å²) >= 11 is 0. The molecule has 0 N–H and O–H groups in total.